The second-order valence-electron chi connectivity index (χ2n) is 1.81. The third-order valence-electron chi connectivity index (χ3n) is 1.22. The Bertz CT molecular complexity index is 165. The van der Waals surface area contributed by atoms with Crippen molar-refractivity contribution < 1.29 is 0 Å². The van der Waals surface area contributed by atoms with Crippen LogP contribution in [-0.2, 0) is 0 Å². The van der Waals surface area contributed by atoms with Crippen LogP contribution >= 0.6 is 46.4 Å². The van der Waals surface area contributed by atoms with Crippen LogP contribution in [0.25, 0.3) is 0 Å². The molecule has 0 spiro atoms. The van der Waals surface area contributed by atoms with E-state index in [-0.39, 0.29) is 0 Å². The summed E-state index contributed by atoms with van der Waals surface area (Å²) in [5, 5.41) is 8.29. The van der Waals surface area contributed by atoms with Crippen molar-refractivity contribution >= 4 is 46.4 Å². The number of halogens is 4. The first-order chi connectivity index (χ1) is 3.94. The van der Waals surface area contributed by atoms with E-state index in [0.29, 0.717) is 0 Å². The van der Waals surface area contributed by atoms with Gasteiger partial charge in [0.15, 0.2) is 8.67 Å². The molecule has 0 heterocycles. The van der Waals surface area contributed by atoms with Gasteiger partial charge in [0.05, 0.1) is 6.07 Å². The van der Waals surface area contributed by atoms with Crippen LogP contribution in [0, 0.1) is 17.2 Å². The van der Waals surface area contributed by atoms with Crippen LogP contribution < -0.4 is 0 Å². The molecule has 0 bridgehead atoms. The molecule has 0 radical (unpaired) electrons. The van der Waals surface area contributed by atoms with Crippen LogP contribution in [0.5, 0.6) is 0 Å². The Balaban J connectivity index is 2.81. The molecule has 0 unspecified atom stereocenters. The van der Waals surface area contributed by atoms with Gasteiger partial charge < -0.3 is 0 Å². The quantitative estimate of drug-likeness (QED) is 0.557. The van der Waals surface area contributed by atoms with Crippen molar-refractivity contribution in [3.8, 4) is 6.07 Å². The first kappa shape index (κ1) is 7.75. The molecule has 1 aliphatic rings. The molecule has 0 atom stereocenters. The molecule has 9 heavy (non-hydrogen) atoms. The van der Waals surface area contributed by atoms with E-state index in [4.69, 9.17) is 51.7 Å². The average molecular weight is 205 g/mol. The van der Waals surface area contributed by atoms with Gasteiger partial charge in [-0.1, -0.05) is 46.4 Å². The third kappa shape index (κ3) is 0.816. The van der Waals surface area contributed by atoms with E-state index in [0.717, 1.165) is 0 Å². The molecular formula is C4HCl4N. The number of nitrogens with zero attached hydrogens (tertiary/aromatic N) is 1. The number of rotatable bonds is 0. The monoisotopic (exact) mass is 203 g/mol. The van der Waals surface area contributed by atoms with Crippen molar-refractivity contribution in [3.05, 3.63) is 0 Å². The lowest BCUT2D eigenvalue weighted by molar-refractivity contribution is 1.09. The highest BCUT2D eigenvalue weighted by Crippen LogP contribution is 2.68. The van der Waals surface area contributed by atoms with Gasteiger partial charge in [-0.25, -0.2) is 0 Å². The third-order valence-corrected chi connectivity index (χ3v) is 3.67. The fourth-order valence-corrected chi connectivity index (χ4v) is 1.80. The maximum Gasteiger partial charge on any atom is 0.171 e. The molecule has 1 rings (SSSR count). The molecule has 5 heteroatoms. The molecule has 1 fully saturated rings. The van der Waals surface area contributed by atoms with Crippen molar-refractivity contribution in [2.75, 3.05) is 0 Å². The van der Waals surface area contributed by atoms with E-state index < -0.39 is 14.6 Å². The van der Waals surface area contributed by atoms with Crippen molar-refractivity contribution in [3.63, 3.8) is 0 Å². The molecule has 1 aliphatic carbocycles. The van der Waals surface area contributed by atoms with Crippen molar-refractivity contribution in [1.82, 2.24) is 0 Å². The molecule has 0 saturated heterocycles. The maximum absolute atomic E-state index is 8.29. The molecule has 1 saturated carbocycles. The Morgan fingerprint density at radius 1 is 1.11 bits per heavy atom. The van der Waals surface area contributed by atoms with Gasteiger partial charge in [-0.15, -0.1) is 0 Å². The van der Waals surface area contributed by atoms with E-state index in [9.17, 15) is 0 Å². The van der Waals surface area contributed by atoms with Crippen LogP contribution in [0.4, 0.5) is 0 Å². The van der Waals surface area contributed by atoms with Gasteiger partial charge in [-0.05, 0) is 0 Å². The highest BCUT2D eigenvalue weighted by atomic mass is 35.5. The summed E-state index contributed by atoms with van der Waals surface area (Å²) in [5.41, 5.74) is 0. The topological polar surface area (TPSA) is 23.8 Å². The van der Waals surface area contributed by atoms with Gasteiger partial charge >= 0.3 is 0 Å². The predicted octanol–water partition coefficient (Wildman–Crippen LogP) is 2.49. The zero-order valence-corrected chi connectivity index (χ0v) is 7.06. The highest BCUT2D eigenvalue weighted by Gasteiger charge is 2.76. The summed E-state index contributed by atoms with van der Waals surface area (Å²) in [6.07, 6.45) is 0. The fourth-order valence-electron chi connectivity index (χ4n) is 0.505. The Kier molecular flexibility index (Phi) is 1.57. The van der Waals surface area contributed by atoms with Crippen molar-refractivity contribution in [1.29, 1.82) is 5.26 Å². The van der Waals surface area contributed by atoms with E-state index in [1.807, 2.05) is 0 Å². The number of hydrogen-bond donors (Lipinski definition) is 0. The van der Waals surface area contributed by atoms with Gasteiger partial charge in [-0.2, -0.15) is 5.26 Å². The normalized spacial score (nSPS) is 29.2. The van der Waals surface area contributed by atoms with Gasteiger partial charge in [-0.3, -0.25) is 0 Å². The maximum atomic E-state index is 8.29. The van der Waals surface area contributed by atoms with Crippen LogP contribution in [0.15, 0.2) is 0 Å². The summed E-state index contributed by atoms with van der Waals surface area (Å²) in [6.45, 7) is 0. The fraction of sp³-hybridized carbons (Fsp3) is 0.750. The molecule has 0 N–H and O–H groups in total. The smallest absolute Gasteiger partial charge is 0.171 e. The van der Waals surface area contributed by atoms with Crippen LogP contribution in [0.2, 0.25) is 0 Å². The highest BCUT2D eigenvalue weighted by molar-refractivity contribution is 6.68. The average Bonchev–Trinajstić information content (AvgIpc) is 2.00. The summed E-state index contributed by atoms with van der Waals surface area (Å²) in [7, 11) is 0. The number of hydrogen-bond acceptors (Lipinski definition) is 1. The number of alkyl halides is 4. The van der Waals surface area contributed by atoms with Gasteiger partial charge in [0, 0.05) is 0 Å². The summed E-state index contributed by atoms with van der Waals surface area (Å²) < 4.78 is -2.55. The molecule has 0 aromatic rings. The van der Waals surface area contributed by atoms with Gasteiger partial charge in [0.25, 0.3) is 0 Å². The lowest BCUT2D eigenvalue weighted by Gasteiger charge is -1.92. The minimum Gasteiger partial charge on any atom is -0.198 e. The SMILES string of the molecule is N#CC1C(Cl)(Cl)C1(Cl)Cl. The minimum absolute atomic E-state index is 0.670. The summed E-state index contributed by atoms with van der Waals surface area (Å²) in [5.74, 6) is -0.670. The second kappa shape index (κ2) is 1.83. The Labute approximate surface area is 72.4 Å². The first-order valence-electron chi connectivity index (χ1n) is 2.10. The Morgan fingerprint density at radius 2 is 1.44 bits per heavy atom. The van der Waals surface area contributed by atoms with E-state index in [1.165, 1.54) is 0 Å². The zero-order valence-electron chi connectivity index (χ0n) is 4.04. The number of nitriles is 1. The first-order valence-corrected chi connectivity index (χ1v) is 3.61. The largest absolute Gasteiger partial charge is 0.198 e. The lowest BCUT2D eigenvalue weighted by Crippen LogP contribution is -1.96. The molecule has 0 aromatic carbocycles. The van der Waals surface area contributed by atoms with Crippen LogP contribution in [0.1, 0.15) is 0 Å². The molecular weight excluding hydrogens is 204 g/mol. The predicted molar refractivity (Wildman–Crippen MR) is 38.0 cm³/mol. The molecule has 0 aromatic heterocycles. The van der Waals surface area contributed by atoms with Gasteiger partial charge in [0.1, 0.15) is 5.92 Å². The van der Waals surface area contributed by atoms with E-state index in [2.05, 4.69) is 0 Å². The summed E-state index contributed by atoms with van der Waals surface area (Å²) in [6, 6.07) is 1.79. The minimum atomic E-state index is -1.27. The lowest BCUT2D eigenvalue weighted by atomic mass is 10.5. The molecule has 1 nitrogen and oxygen atoms in total. The zero-order chi connectivity index (χ0) is 7.28. The van der Waals surface area contributed by atoms with Crippen LogP contribution in [0.3, 0.4) is 0 Å². The van der Waals surface area contributed by atoms with Gasteiger partial charge in [0.2, 0.25) is 0 Å². The second-order valence-corrected chi connectivity index (χ2v) is 4.58. The summed E-state index contributed by atoms with van der Waals surface area (Å²) >= 11 is 21.9. The Hall–Kier alpha value is 0.650. The molecule has 0 aliphatic heterocycles. The van der Waals surface area contributed by atoms with Crippen LogP contribution in [-0.4, -0.2) is 8.67 Å². The molecule has 0 amide bonds. The van der Waals surface area contributed by atoms with E-state index in [1.54, 1.807) is 6.07 Å². The molecule has 50 valence electrons. The Morgan fingerprint density at radius 3 is 1.44 bits per heavy atom. The van der Waals surface area contributed by atoms with E-state index >= 15 is 0 Å². The summed E-state index contributed by atoms with van der Waals surface area (Å²) in [4.78, 5) is 0. The standard InChI is InChI=1S/C4HCl4N/c5-3(6)2(1-9)4(3,7)8/h2H. The van der Waals surface area contributed by atoms with Crippen molar-refractivity contribution in [2.45, 2.75) is 8.67 Å². The van der Waals surface area contributed by atoms with Crippen molar-refractivity contribution in [2.24, 2.45) is 5.92 Å².